The first kappa shape index (κ1) is 11.1. The lowest BCUT2D eigenvalue weighted by Gasteiger charge is -2.07. The van der Waals surface area contributed by atoms with Crippen LogP contribution in [0.5, 0.6) is 5.75 Å². The topological polar surface area (TPSA) is 9.23 Å². The summed E-state index contributed by atoms with van der Waals surface area (Å²) in [6.07, 6.45) is 1.03. The number of benzene rings is 1. The second-order valence-electron chi connectivity index (χ2n) is 2.75. The fraction of sp³-hybridized carbons (Fsp3) is 0.400. The van der Waals surface area contributed by atoms with E-state index in [1.807, 2.05) is 6.07 Å². The summed E-state index contributed by atoms with van der Waals surface area (Å²) in [5.74, 6) is 0.929. The minimum atomic E-state index is 0.768. The van der Waals surface area contributed by atoms with Gasteiger partial charge in [0.25, 0.3) is 0 Å². The van der Waals surface area contributed by atoms with E-state index in [4.69, 9.17) is 4.74 Å². The molecule has 0 unspecified atom stereocenters. The van der Waals surface area contributed by atoms with Crippen LogP contribution in [0.25, 0.3) is 0 Å². The van der Waals surface area contributed by atoms with Crippen molar-refractivity contribution in [2.24, 2.45) is 0 Å². The molecule has 0 amide bonds. The molecule has 0 spiro atoms. The highest BCUT2D eigenvalue weighted by Crippen LogP contribution is 2.26. The van der Waals surface area contributed by atoms with Crippen molar-refractivity contribution in [3.63, 3.8) is 0 Å². The van der Waals surface area contributed by atoms with Gasteiger partial charge in [-0.1, -0.05) is 28.9 Å². The van der Waals surface area contributed by atoms with Gasteiger partial charge in [0.05, 0.1) is 11.1 Å². The van der Waals surface area contributed by atoms with E-state index in [9.17, 15) is 0 Å². The van der Waals surface area contributed by atoms with Crippen molar-refractivity contribution in [3.05, 3.63) is 28.2 Å². The van der Waals surface area contributed by atoms with Crippen LogP contribution < -0.4 is 4.74 Å². The van der Waals surface area contributed by atoms with Crippen LogP contribution >= 0.6 is 31.9 Å². The van der Waals surface area contributed by atoms with E-state index in [1.165, 1.54) is 5.56 Å². The van der Waals surface area contributed by atoms with Gasteiger partial charge in [0.2, 0.25) is 0 Å². The molecule has 0 bridgehead atoms. The molecule has 0 aliphatic heterocycles. The summed E-state index contributed by atoms with van der Waals surface area (Å²) in [4.78, 5) is 0. The minimum Gasteiger partial charge on any atom is -0.492 e. The third-order valence-corrected chi connectivity index (χ3v) is 2.91. The SMILES string of the molecule is CCCOc1cc(CBr)ccc1Br. The van der Waals surface area contributed by atoms with Gasteiger partial charge in [-0.25, -0.2) is 0 Å². The molecule has 0 saturated heterocycles. The van der Waals surface area contributed by atoms with Crippen LogP contribution in [0.1, 0.15) is 18.9 Å². The van der Waals surface area contributed by atoms with Gasteiger partial charge in [0, 0.05) is 5.33 Å². The van der Waals surface area contributed by atoms with Gasteiger partial charge >= 0.3 is 0 Å². The second-order valence-corrected chi connectivity index (χ2v) is 4.16. The van der Waals surface area contributed by atoms with Crippen LogP contribution in [-0.2, 0) is 5.33 Å². The lowest BCUT2D eigenvalue weighted by atomic mass is 10.2. The summed E-state index contributed by atoms with van der Waals surface area (Å²) in [5, 5.41) is 0.864. The minimum absolute atomic E-state index is 0.768. The largest absolute Gasteiger partial charge is 0.492 e. The number of rotatable bonds is 4. The molecule has 0 saturated carbocycles. The van der Waals surface area contributed by atoms with E-state index in [1.54, 1.807) is 0 Å². The van der Waals surface area contributed by atoms with Gasteiger partial charge in [-0.05, 0) is 40.0 Å². The quantitative estimate of drug-likeness (QED) is 0.760. The second kappa shape index (κ2) is 5.66. The fourth-order valence-corrected chi connectivity index (χ4v) is 1.66. The highest BCUT2D eigenvalue weighted by atomic mass is 79.9. The Morgan fingerprint density at radius 1 is 1.38 bits per heavy atom. The molecule has 72 valence electrons. The van der Waals surface area contributed by atoms with Gasteiger partial charge in [0.15, 0.2) is 0 Å². The van der Waals surface area contributed by atoms with E-state index in [0.29, 0.717) is 0 Å². The molecule has 1 aromatic carbocycles. The number of alkyl halides is 1. The Hall–Kier alpha value is -0.0200. The third kappa shape index (κ3) is 3.31. The summed E-state index contributed by atoms with van der Waals surface area (Å²) >= 11 is 6.86. The lowest BCUT2D eigenvalue weighted by Crippen LogP contribution is -1.96. The number of halogens is 2. The van der Waals surface area contributed by atoms with Gasteiger partial charge < -0.3 is 4.74 Å². The fourth-order valence-electron chi connectivity index (χ4n) is 0.954. The maximum atomic E-state index is 5.56. The molecule has 0 N–H and O–H groups in total. The molecule has 0 atom stereocenters. The van der Waals surface area contributed by atoms with Crippen molar-refractivity contribution in [1.82, 2.24) is 0 Å². The highest BCUT2D eigenvalue weighted by molar-refractivity contribution is 9.10. The van der Waals surface area contributed by atoms with Crippen LogP contribution in [0.4, 0.5) is 0 Å². The van der Waals surface area contributed by atoms with Crippen LogP contribution in [0.2, 0.25) is 0 Å². The molecular weight excluding hydrogens is 296 g/mol. The zero-order chi connectivity index (χ0) is 9.68. The van der Waals surface area contributed by atoms with E-state index in [0.717, 1.165) is 28.6 Å². The van der Waals surface area contributed by atoms with Gasteiger partial charge in [-0.15, -0.1) is 0 Å². The molecule has 0 radical (unpaired) electrons. The Labute approximate surface area is 95.7 Å². The van der Waals surface area contributed by atoms with Crippen molar-refractivity contribution >= 4 is 31.9 Å². The van der Waals surface area contributed by atoms with Gasteiger partial charge in [-0.3, -0.25) is 0 Å². The Kier molecular flexibility index (Phi) is 4.81. The Balaban J connectivity index is 2.78. The van der Waals surface area contributed by atoms with Crippen molar-refractivity contribution in [3.8, 4) is 5.75 Å². The number of hydrogen-bond acceptors (Lipinski definition) is 1. The normalized spacial score (nSPS) is 10.1. The zero-order valence-corrected chi connectivity index (χ0v) is 10.7. The molecular formula is C10H12Br2O. The van der Waals surface area contributed by atoms with Crippen LogP contribution in [0.3, 0.4) is 0 Å². The lowest BCUT2D eigenvalue weighted by molar-refractivity contribution is 0.315. The molecule has 0 heterocycles. The molecule has 3 heteroatoms. The molecule has 1 nitrogen and oxygen atoms in total. The van der Waals surface area contributed by atoms with Crippen molar-refractivity contribution in [2.45, 2.75) is 18.7 Å². The summed E-state index contributed by atoms with van der Waals surface area (Å²) in [7, 11) is 0. The summed E-state index contributed by atoms with van der Waals surface area (Å²) in [6.45, 7) is 2.87. The molecule has 0 aromatic heterocycles. The van der Waals surface area contributed by atoms with E-state index < -0.39 is 0 Å². The van der Waals surface area contributed by atoms with Crippen LogP contribution in [0.15, 0.2) is 22.7 Å². The monoisotopic (exact) mass is 306 g/mol. The molecule has 0 aliphatic carbocycles. The predicted molar refractivity (Wildman–Crippen MR) is 62.6 cm³/mol. The Morgan fingerprint density at radius 2 is 2.15 bits per heavy atom. The number of ether oxygens (including phenoxy) is 1. The molecule has 13 heavy (non-hydrogen) atoms. The molecule has 0 fully saturated rings. The standard InChI is InChI=1S/C10H12Br2O/c1-2-5-13-10-6-8(7-11)3-4-9(10)12/h3-4,6H,2,5,7H2,1H3. The molecule has 1 rings (SSSR count). The predicted octanol–water partition coefficient (Wildman–Crippen LogP) is 4.13. The first-order valence-corrected chi connectivity index (χ1v) is 6.16. The zero-order valence-electron chi connectivity index (χ0n) is 7.52. The van der Waals surface area contributed by atoms with Crippen molar-refractivity contribution in [2.75, 3.05) is 6.61 Å². The van der Waals surface area contributed by atoms with Crippen LogP contribution in [0, 0.1) is 0 Å². The number of hydrogen-bond donors (Lipinski definition) is 0. The van der Waals surface area contributed by atoms with Gasteiger partial charge in [-0.2, -0.15) is 0 Å². The Morgan fingerprint density at radius 3 is 2.77 bits per heavy atom. The van der Waals surface area contributed by atoms with Gasteiger partial charge in [0.1, 0.15) is 5.75 Å². The maximum Gasteiger partial charge on any atom is 0.133 e. The van der Waals surface area contributed by atoms with Crippen LogP contribution in [-0.4, -0.2) is 6.61 Å². The summed E-state index contributed by atoms with van der Waals surface area (Å²) in [5.41, 5.74) is 1.23. The third-order valence-electron chi connectivity index (χ3n) is 1.61. The van der Waals surface area contributed by atoms with Crippen molar-refractivity contribution < 1.29 is 4.74 Å². The highest BCUT2D eigenvalue weighted by Gasteiger charge is 2.01. The average molecular weight is 308 g/mol. The Bertz CT molecular complexity index is 274. The smallest absolute Gasteiger partial charge is 0.133 e. The average Bonchev–Trinajstić information content (AvgIpc) is 2.17. The first-order chi connectivity index (χ1) is 6.27. The van der Waals surface area contributed by atoms with Crippen molar-refractivity contribution in [1.29, 1.82) is 0 Å². The summed E-state index contributed by atoms with van der Waals surface area (Å²) < 4.78 is 6.58. The van der Waals surface area contributed by atoms with E-state index in [-0.39, 0.29) is 0 Å². The molecule has 1 aromatic rings. The first-order valence-electron chi connectivity index (χ1n) is 4.25. The summed E-state index contributed by atoms with van der Waals surface area (Å²) in [6, 6.07) is 6.13. The maximum absolute atomic E-state index is 5.56. The molecule has 0 aliphatic rings. The van der Waals surface area contributed by atoms with E-state index in [2.05, 4.69) is 50.9 Å². The van der Waals surface area contributed by atoms with E-state index >= 15 is 0 Å².